The van der Waals surface area contributed by atoms with Gasteiger partial charge in [0, 0.05) is 11.8 Å². The molecule has 132 valence electrons. The monoisotopic (exact) mass is 343 g/mol. The SMILES string of the molecule is CC[Si](CC)(CC)c1cc(C)cc(C=NC2CC3CCC2C3)c1O. The molecule has 2 bridgehead atoms. The largest absolute Gasteiger partial charge is 0.507 e. The maximum atomic E-state index is 11.0. The van der Waals surface area contributed by atoms with E-state index in [9.17, 15) is 5.11 Å². The standard InChI is InChI=1S/C21H33NOSi/c1-5-24(6-2,7-3)20-11-15(4)10-18(21(20)23)14-22-19-13-16-8-9-17(19)12-16/h10-11,14,16-17,19,23H,5-9,12-13H2,1-4H3. The van der Waals surface area contributed by atoms with Crippen LogP contribution in [0.25, 0.3) is 0 Å². The van der Waals surface area contributed by atoms with Gasteiger partial charge >= 0.3 is 0 Å². The zero-order chi connectivity index (χ0) is 17.3. The van der Waals surface area contributed by atoms with E-state index in [1.54, 1.807) is 0 Å². The molecule has 2 saturated carbocycles. The molecule has 3 atom stereocenters. The molecule has 0 amide bonds. The first-order chi connectivity index (χ1) is 11.5. The minimum atomic E-state index is -1.59. The molecule has 2 aliphatic rings. The molecule has 3 heteroatoms. The highest BCUT2D eigenvalue weighted by Gasteiger charge is 2.39. The average Bonchev–Trinajstić information content (AvgIpc) is 3.21. The normalized spacial score (nSPS) is 26.6. The molecule has 2 aliphatic carbocycles. The molecular weight excluding hydrogens is 310 g/mol. The Morgan fingerprint density at radius 3 is 2.38 bits per heavy atom. The third-order valence-electron chi connectivity index (χ3n) is 6.99. The Kier molecular flexibility index (Phi) is 5.19. The van der Waals surface area contributed by atoms with Crippen molar-refractivity contribution in [3.05, 3.63) is 23.3 Å². The first kappa shape index (κ1) is 17.7. The second-order valence-corrected chi connectivity index (χ2v) is 13.3. The quantitative estimate of drug-likeness (QED) is 0.570. The van der Waals surface area contributed by atoms with Crippen molar-refractivity contribution in [2.75, 3.05) is 0 Å². The van der Waals surface area contributed by atoms with Crippen LogP contribution >= 0.6 is 0 Å². The van der Waals surface area contributed by atoms with E-state index < -0.39 is 8.07 Å². The highest BCUT2D eigenvalue weighted by Crippen LogP contribution is 2.45. The molecule has 1 aromatic rings. The van der Waals surface area contributed by atoms with Crippen molar-refractivity contribution < 1.29 is 5.11 Å². The third-order valence-corrected chi connectivity index (χ3v) is 12.6. The summed E-state index contributed by atoms with van der Waals surface area (Å²) in [5.74, 6) is 2.23. The van der Waals surface area contributed by atoms with Crippen LogP contribution in [0.4, 0.5) is 0 Å². The predicted molar refractivity (Wildman–Crippen MR) is 107 cm³/mol. The fraction of sp³-hybridized carbons (Fsp3) is 0.667. The van der Waals surface area contributed by atoms with Gasteiger partial charge in [-0.25, -0.2) is 0 Å². The van der Waals surface area contributed by atoms with Gasteiger partial charge in [0.2, 0.25) is 0 Å². The van der Waals surface area contributed by atoms with Crippen LogP contribution < -0.4 is 5.19 Å². The summed E-state index contributed by atoms with van der Waals surface area (Å²) in [5, 5.41) is 12.2. The van der Waals surface area contributed by atoms with E-state index >= 15 is 0 Å². The number of rotatable bonds is 6. The van der Waals surface area contributed by atoms with E-state index in [1.165, 1.54) is 54.6 Å². The van der Waals surface area contributed by atoms with E-state index in [1.807, 2.05) is 6.21 Å². The topological polar surface area (TPSA) is 32.6 Å². The highest BCUT2D eigenvalue weighted by molar-refractivity contribution is 6.92. The number of hydrogen-bond acceptors (Lipinski definition) is 2. The number of phenolic OH excluding ortho intramolecular Hbond substituents is 1. The predicted octanol–water partition coefficient (Wildman–Crippen LogP) is 5.02. The Balaban J connectivity index is 1.91. The Bertz CT molecular complexity index is 612. The molecule has 0 aliphatic heterocycles. The molecule has 0 radical (unpaired) electrons. The number of hydrogen-bond donors (Lipinski definition) is 1. The maximum Gasteiger partial charge on any atom is 0.123 e. The maximum absolute atomic E-state index is 11.0. The van der Waals surface area contributed by atoms with E-state index in [0.717, 1.165) is 17.4 Å². The van der Waals surface area contributed by atoms with Crippen LogP contribution in [0.3, 0.4) is 0 Å². The van der Waals surface area contributed by atoms with Crippen molar-refractivity contribution in [3.63, 3.8) is 0 Å². The van der Waals surface area contributed by atoms with Gasteiger partial charge in [0.1, 0.15) is 5.75 Å². The Labute approximate surface area is 148 Å². The van der Waals surface area contributed by atoms with Crippen LogP contribution in [0.2, 0.25) is 18.1 Å². The number of fused-ring (bicyclic) bond motifs is 2. The van der Waals surface area contributed by atoms with Crippen molar-refractivity contribution in [1.82, 2.24) is 0 Å². The van der Waals surface area contributed by atoms with Gasteiger partial charge < -0.3 is 5.11 Å². The molecule has 3 rings (SSSR count). The van der Waals surface area contributed by atoms with Crippen LogP contribution in [0, 0.1) is 18.8 Å². The molecule has 0 spiro atoms. The summed E-state index contributed by atoms with van der Waals surface area (Å²) >= 11 is 0. The van der Waals surface area contributed by atoms with Gasteiger partial charge in [-0.15, -0.1) is 0 Å². The van der Waals surface area contributed by atoms with Gasteiger partial charge in [0.25, 0.3) is 0 Å². The van der Waals surface area contributed by atoms with Crippen molar-refractivity contribution >= 4 is 19.5 Å². The number of aryl methyl sites for hydroxylation is 1. The van der Waals surface area contributed by atoms with E-state index in [2.05, 4.69) is 39.8 Å². The summed E-state index contributed by atoms with van der Waals surface area (Å²) in [6, 6.07) is 8.43. The van der Waals surface area contributed by atoms with E-state index in [0.29, 0.717) is 11.8 Å². The molecule has 0 saturated heterocycles. The van der Waals surface area contributed by atoms with Crippen LogP contribution in [0.5, 0.6) is 5.75 Å². The minimum absolute atomic E-state index is 0.498. The zero-order valence-corrected chi connectivity index (χ0v) is 16.8. The van der Waals surface area contributed by atoms with Gasteiger partial charge in [0.15, 0.2) is 0 Å². The molecule has 0 heterocycles. The molecule has 2 fully saturated rings. The Hall–Kier alpha value is -1.09. The number of phenols is 1. The fourth-order valence-electron chi connectivity index (χ4n) is 5.20. The lowest BCUT2D eigenvalue weighted by Crippen LogP contribution is -2.46. The van der Waals surface area contributed by atoms with Crippen molar-refractivity contribution in [1.29, 1.82) is 0 Å². The number of aliphatic imine (C=N–C) groups is 1. The summed E-state index contributed by atoms with van der Waals surface area (Å²) in [6.45, 7) is 9.04. The van der Waals surface area contributed by atoms with Gasteiger partial charge in [0.05, 0.1) is 14.1 Å². The summed E-state index contributed by atoms with van der Waals surface area (Å²) in [4.78, 5) is 4.91. The molecule has 3 unspecified atom stereocenters. The van der Waals surface area contributed by atoms with Crippen molar-refractivity contribution in [2.24, 2.45) is 16.8 Å². The van der Waals surface area contributed by atoms with Gasteiger partial charge in [-0.1, -0.05) is 57.0 Å². The van der Waals surface area contributed by atoms with Crippen molar-refractivity contribution in [3.8, 4) is 5.75 Å². The zero-order valence-electron chi connectivity index (χ0n) is 15.8. The smallest absolute Gasteiger partial charge is 0.123 e. The lowest BCUT2D eigenvalue weighted by Gasteiger charge is -2.30. The first-order valence-electron chi connectivity index (χ1n) is 9.90. The summed E-state index contributed by atoms with van der Waals surface area (Å²) in [7, 11) is -1.59. The Morgan fingerprint density at radius 1 is 1.12 bits per heavy atom. The second-order valence-electron chi connectivity index (χ2n) is 8.11. The van der Waals surface area contributed by atoms with Crippen LogP contribution in [0.15, 0.2) is 17.1 Å². The Morgan fingerprint density at radius 2 is 1.83 bits per heavy atom. The lowest BCUT2D eigenvalue weighted by atomic mass is 9.96. The molecule has 1 N–H and O–H groups in total. The van der Waals surface area contributed by atoms with Crippen LogP contribution in [-0.4, -0.2) is 25.4 Å². The minimum Gasteiger partial charge on any atom is -0.507 e. The van der Waals surface area contributed by atoms with Gasteiger partial charge in [-0.3, -0.25) is 4.99 Å². The molecule has 0 aromatic heterocycles. The van der Waals surface area contributed by atoms with Crippen LogP contribution in [0.1, 0.15) is 57.6 Å². The summed E-state index contributed by atoms with van der Waals surface area (Å²) in [5.41, 5.74) is 2.20. The number of benzene rings is 1. The number of nitrogens with zero attached hydrogens (tertiary/aromatic N) is 1. The molecule has 2 nitrogen and oxygen atoms in total. The van der Waals surface area contributed by atoms with Crippen molar-refractivity contribution in [2.45, 2.75) is 77.6 Å². The summed E-state index contributed by atoms with van der Waals surface area (Å²) in [6.07, 6.45) is 7.39. The number of aromatic hydroxyl groups is 1. The fourth-order valence-corrected chi connectivity index (χ4v) is 9.02. The van der Waals surface area contributed by atoms with Crippen LogP contribution in [-0.2, 0) is 0 Å². The lowest BCUT2D eigenvalue weighted by molar-refractivity contribution is 0.421. The third kappa shape index (κ3) is 3.08. The van der Waals surface area contributed by atoms with Gasteiger partial charge in [-0.05, 0) is 49.3 Å². The molecule has 24 heavy (non-hydrogen) atoms. The second kappa shape index (κ2) is 7.03. The van der Waals surface area contributed by atoms with E-state index in [-0.39, 0.29) is 0 Å². The molecule has 1 aromatic carbocycles. The van der Waals surface area contributed by atoms with E-state index in [4.69, 9.17) is 4.99 Å². The first-order valence-corrected chi connectivity index (χ1v) is 12.5. The average molecular weight is 344 g/mol. The summed E-state index contributed by atoms with van der Waals surface area (Å²) < 4.78 is 0. The van der Waals surface area contributed by atoms with Gasteiger partial charge in [-0.2, -0.15) is 0 Å². The highest BCUT2D eigenvalue weighted by atomic mass is 28.3. The molecular formula is C21H33NOSi.